The van der Waals surface area contributed by atoms with Gasteiger partial charge in [-0.15, -0.1) is 11.3 Å². The minimum absolute atomic E-state index is 0.107. The number of allylic oxidation sites excluding steroid dienone is 1. The summed E-state index contributed by atoms with van der Waals surface area (Å²) in [6, 6.07) is 3.39. The van der Waals surface area contributed by atoms with Crippen LogP contribution in [0.1, 0.15) is 13.8 Å². The Morgan fingerprint density at radius 1 is 1.54 bits per heavy atom. The molecule has 0 aliphatic carbocycles. The third kappa shape index (κ3) is 2.97. The van der Waals surface area contributed by atoms with Gasteiger partial charge in [-0.25, -0.2) is 8.42 Å². The average Bonchev–Trinajstić information content (AvgIpc) is 2.53. The van der Waals surface area contributed by atoms with Crippen LogP contribution in [-0.4, -0.2) is 14.2 Å². The van der Waals surface area contributed by atoms with Crippen molar-refractivity contribution in [3.63, 3.8) is 0 Å². The van der Waals surface area contributed by atoms with E-state index < -0.39 is 9.84 Å². The van der Waals surface area contributed by atoms with Gasteiger partial charge in [0.15, 0.2) is 9.84 Å². The van der Waals surface area contributed by atoms with Gasteiger partial charge in [0.25, 0.3) is 0 Å². The molecule has 1 heterocycles. The standard InChI is InChI=1S/C9H12O2S2/c1-8(2)5-7-13(10,11)9-4-3-6-12-9/h3-6H,7H2,1-2H3. The van der Waals surface area contributed by atoms with E-state index in [1.807, 2.05) is 13.8 Å². The molecule has 0 N–H and O–H groups in total. The normalized spacial score (nSPS) is 11.2. The van der Waals surface area contributed by atoms with E-state index in [1.54, 1.807) is 23.6 Å². The molecule has 4 heteroatoms. The van der Waals surface area contributed by atoms with Crippen LogP contribution < -0.4 is 0 Å². The predicted molar refractivity (Wildman–Crippen MR) is 55.8 cm³/mol. The molecule has 0 spiro atoms. The topological polar surface area (TPSA) is 34.1 Å². The minimum Gasteiger partial charge on any atom is -0.223 e. The molecule has 0 aliphatic rings. The molecule has 0 saturated heterocycles. The monoisotopic (exact) mass is 216 g/mol. The fourth-order valence-corrected chi connectivity index (χ4v) is 3.21. The Bertz CT molecular complexity index is 381. The van der Waals surface area contributed by atoms with Crippen molar-refractivity contribution in [1.82, 2.24) is 0 Å². The molecule has 0 bridgehead atoms. The first kappa shape index (κ1) is 10.5. The lowest BCUT2D eigenvalue weighted by Crippen LogP contribution is -2.02. The first-order valence-electron chi connectivity index (χ1n) is 3.92. The zero-order valence-electron chi connectivity index (χ0n) is 7.65. The molecule has 1 rings (SSSR count). The molecular weight excluding hydrogens is 204 g/mol. The van der Waals surface area contributed by atoms with Crippen LogP contribution in [-0.2, 0) is 9.84 Å². The van der Waals surface area contributed by atoms with Crippen molar-refractivity contribution in [2.45, 2.75) is 18.1 Å². The third-order valence-electron chi connectivity index (χ3n) is 1.51. The van der Waals surface area contributed by atoms with E-state index in [4.69, 9.17) is 0 Å². The quantitative estimate of drug-likeness (QED) is 0.727. The van der Waals surface area contributed by atoms with Crippen LogP contribution in [0.25, 0.3) is 0 Å². The Hall–Kier alpha value is -0.610. The number of sulfone groups is 1. The molecule has 0 amide bonds. The van der Waals surface area contributed by atoms with Crippen LogP contribution in [0.2, 0.25) is 0 Å². The Morgan fingerprint density at radius 3 is 2.69 bits per heavy atom. The van der Waals surface area contributed by atoms with E-state index in [0.717, 1.165) is 5.57 Å². The minimum atomic E-state index is -3.07. The summed E-state index contributed by atoms with van der Waals surface area (Å²) < 4.78 is 23.6. The number of hydrogen-bond donors (Lipinski definition) is 0. The SMILES string of the molecule is CC(C)=CCS(=O)(=O)c1cccs1. The van der Waals surface area contributed by atoms with Gasteiger partial charge < -0.3 is 0 Å². The Kier molecular flexibility index (Phi) is 3.27. The van der Waals surface area contributed by atoms with E-state index in [-0.39, 0.29) is 5.75 Å². The van der Waals surface area contributed by atoms with Gasteiger partial charge in [0.1, 0.15) is 4.21 Å². The second-order valence-electron chi connectivity index (χ2n) is 2.99. The predicted octanol–water partition coefficient (Wildman–Crippen LogP) is 2.49. The summed E-state index contributed by atoms with van der Waals surface area (Å²) in [7, 11) is -3.07. The maximum atomic E-state index is 11.6. The molecule has 1 aromatic heterocycles. The number of thiophene rings is 1. The van der Waals surface area contributed by atoms with Gasteiger partial charge in [0.2, 0.25) is 0 Å². The van der Waals surface area contributed by atoms with Gasteiger partial charge >= 0.3 is 0 Å². The van der Waals surface area contributed by atoms with Crippen molar-refractivity contribution in [3.05, 3.63) is 29.2 Å². The average molecular weight is 216 g/mol. The highest BCUT2D eigenvalue weighted by Gasteiger charge is 2.12. The zero-order chi connectivity index (χ0) is 9.90. The van der Waals surface area contributed by atoms with Crippen LogP contribution in [0.5, 0.6) is 0 Å². The lowest BCUT2D eigenvalue weighted by atomic mass is 10.3. The summed E-state index contributed by atoms with van der Waals surface area (Å²) in [5, 5.41) is 1.77. The van der Waals surface area contributed by atoms with Gasteiger partial charge in [0.05, 0.1) is 5.75 Å². The van der Waals surface area contributed by atoms with Gasteiger partial charge in [-0.2, -0.15) is 0 Å². The van der Waals surface area contributed by atoms with Crippen molar-refractivity contribution >= 4 is 21.2 Å². The van der Waals surface area contributed by atoms with Crippen LogP contribution in [0, 0.1) is 0 Å². The van der Waals surface area contributed by atoms with E-state index in [0.29, 0.717) is 4.21 Å². The molecule has 2 nitrogen and oxygen atoms in total. The molecule has 0 fully saturated rings. The molecule has 0 unspecified atom stereocenters. The van der Waals surface area contributed by atoms with E-state index >= 15 is 0 Å². The zero-order valence-corrected chi connectivity index (χ0v) is 9.28. The fourth-order valence-electron chi connectivity index (χ4n) is 0.799. The molecule has 0 saturated carbocycles. The summed E-state index contributed by atoms with van der Waals surface area (Å²) >= 11 is 1.26. The number of hydrogen-bond acceptors (Lipinski definition) is 3. The Balaban J connectivity index is 2.86. The molecule has 0 aliphatic heterocycles. The molecule has 72 valence electrons. The maximum absolute atomic E-state index is 11.6. The van der Waals surface area contributed by atoms with Gasteiger partial charge in [0, 0.05) is 0 Å². The van der Waals surface area contributed by atoms with Crippen LogP contribution in [0.3, 0.4) is 0 Å². The maximum Gasteiger partial charge on any atom is 0.191 e. The second-order valence-corrected chi connectivity index (χ2v) is 6.20. The fraction of sp³-hybridized carbons (Fsp3) is 0.333. The van der Waals surface area contributed by atoms with Crippen molar-refractivity contribution in [2.24, 2.45) is 0 Å². The van der Waals surface area contributed by atoms with Crippen LogP contribution in [0.15, 0.2) is 33.4 Å². The molecular formula is C9H12O2S2. The van der Waals surface area contributed by atoms with E-state index in [1.165, 1.54) is 11.3 Å². The van der Waals surface area contributed by atoms with E-state index in [9.17, 15) is 8.42 Å². The summed E-state index contributed by atoms with van der Waals surface area (Å²) in [6.45, 7) is 3.79. The van der Waals surface area contributed by atoms with Crippen molar-refractivity contribution < 1.29 is 8.42 Å². The highest BCUT2D eigenvalue weighted by Crippen LogP contribution is 2.17. The Morgan fingerprint density at radius 2 is 2.23 bits per heavy atom. The summed E-state index contributed by atoms with van der Waals surface area (Å²) in [6.07, 6.45) is 1.73. The first-order chi connectivity index (χ1) is 6.02. The van der Waals surface area contributed by atoms with Gasteiger partial charge in [-0.05, 0) is 25.3 Å². The summed E-state index contributed by atoms with van der Waals surface area (Å²) in [5.41, 5.74) is 1.03. The summed E-state index contributed by atoms with van der Waals surface area (Å²) in [5.74, 6) is 0.107. The molecule has 0 atom stereocenters. The molecule has 1 aromatic rings. The number of rotatable bonds is 3. The van der Waals surface area contributed by atoms with E-state index in [2.05, 4.69) is 0 Å². The van der Waals surface area contributed by atoms with Gasteiger partial charge in [-0.1, -0.05) is 17.7 Å². The van der Waals surface area contributed by atoms with Crippen molar-refractivity contribution in [3.8, 4) is 0 Å². The highest BCUT2D eigenvalue weighted by atomic mass is 32.2. The molecule has 0 radical (unpaired) electrons. The highest BCUT2D eigenvalue weighted by molar-refractivity contribution is 7.93. The van der Waals surface area contributed by atoms with Crippen molar-refractivity contribution in [2.75, 3.05) is 5.75 Å². The lowest BCUT2D eigenvalue weighted by Gasteiger charge is -1.96. The summed E-state index contributed by atoms with van der Waals surface area (Å²) in [4.78, 5) is 0. The van der Waals surface area contributed by atoms with Crippen LogP contribution in [0.4, 0.5) is 0 Å². The first-order valence-corrected chi connectivity index (χ1v) is 6.45. The smallest absolute Gasteiger partial charge is 0.191 e. The molecule has 0 aromatic carbocycles. The third-order valence-corrected chi connectivity index (χ3v) is 4.58. The van der Waals surface area contributed by atoms with Crippen LogP contribution >= 0.6 is 11.3 Å². The van der Waals surface area contributed by atoms with Gasteiger partial charge in [-0.3, -0.25) is 0 Å². The largest absolute Gasteiger partial charge is 0.223 e. The lowest BCUT2D eigenvalue weighted by molar-refractivity contribution is 0.601. The molecule has 13 heavy (non-hydrogen) atoms. The van der Waals surface area contributed by atoms with Crippen molar-refractivity contribution in [1.29, 1.82) is 0 Å². The Labute approximate surface area is 82.8 Å². The second kappa shape index (κ2) is 4.07.